The van der Waals surface area contributed by atoms with Gasteiger partial charge in [-0.05, 0) is 62.3 Å². The minimum absolute atomic E-state index is 0.00940. The fraction of sp³-hybridized carbons (Fsp3) is 0.577. The molecule has 35 heavy (non-hydrogen) atoms. The number of ketones is 1. The predicted molar refractivity (Wildman–Crippen MR) is 130 cm³/mol. The molecule has 5 rings (SSSR count). The Kier molecular flexibility index (Phi) is 7.25. The van der Waals surface area contributed by atoms with Crippen LogP contribution in [-0.4, -0.2) is 44.5 Å². The van der Waals surface area contributed by atoms with Crippen LogP contribution in [0.25, 0.3) is 5.52 Å². The van der Waals surface area contributed by atoms with Crippen LogP contribution < -0.4 is 0 Å². The molecule has 1 aliphatic carbocycles. The number of hydrogen-bond acceptors (Lipinski definition) is 5. The number of hydrogen-bond donors (Lipinski definition) is 0. The minimum atomic E-state index is -4.13. The molecule has 0 unspecified atom stereocenters. The smallest absolute Gasteiger partial charge is 0.297 e. The molecule has 1 aliphatic heterocycles. The summed E-state index contributed by atoms with van der Waals surface area (Å²) in [5.74, 6) is 1.34. The second-order valence-electron chi connectivity index (χ2n) is 10.0. The molecule has 0 atom stereocenters. The first-order chi connectivity index (χ1) is 16.8. The average molecular weight is 505 g/mol. The van der Waals surface area contributed by atoms with Gasteiger partial charge in [0.2, 0.25) is 0 Å². The molecular weight excluding hydrogens is 473 g/mol. The van der Waals surface area contributed by atoms with Crippen LogP contribution in [0.15, 0.2) is 30.6 Å². The Morgan fingerprint density at radius 3 is 2.74 bits per heavy atom. The van der Waals surface area contributed by atoms with Gasteiger partial charge in [-0.15, -0.1) is 11.3 Å². The van der Waals surface area contributed by atoms with E-state index in [-0.39, 0.29) is 12.2 Å². The SMILES string of the molecule is O=C(CC1CCC(CCN2CCc3sc(CCC(F)(F)F)nc3C2)CC1)c1cccn2nccc12. The monoisotopic (exact) mass is 504 g/mol. The van der Waals surface area contributed by atoms with Crippen molar-refractivity contribution in [1.82, 2.24) is 19.5 Å². The zero-order valence-corrected chi connectivity index (χ0v) is 20.6. The van der Waals surface area contributed by atoms with E-state index in [4.69, 9.17) is 0 Å². The molecule has 5 nitrogen and oxygen atoms in total. The van der Waals surface area contributed by atoms with E-state index in [1.54, 1.807) is 10.7 Å². The highest BCUT2D eigenvalue weighted by molar-refractivity contribution is 7.11. The standard InChI is InChI=1S/C26H31F3N4OS/c27-26(28,29)11-7-25-31-21-17-32(15-10-24(21)35-25)14-9-18-3-5-19(6-4-18)16-23(34)20-2-1-13-33-22(20)8-12-30-33/h1-2,8,12-13,18-19H,3-7,9-11,14-17H2. The summed E-state index contributed by atoms with van der Waals surface area (Å²) in [5.41, 5.74) is 2.62. The summed E-state index contributed by atoms with van der Waals surface area (Å²) in [5, 5.41) is 4.84. The van der Waals surface area contributed by atoms with Gasteiger partial charge in [0, 0.05) is 49.0 Å². The first-order valence-electron chi connectivity index (χ1n) is 12.6. The molecule has 1 saturated carbocycles. The van der Waals surface area contributed by atoms with Gasteiger partial charge in [0.15, 0.2) is 5.78 Å². The zero-order valence-electron chi connectivity index (χ0n) is 19.8. The summed E-state index contributed by atoms with van der Waals surface area (Å²) in [7, 11) is 0. The third kappa shape index (κ3) is 6.12. The number of pyridine rings is 1. The van der Waals surface area contributed by atoms with Crippen LogP contribution in [0, 0.1) is 11.8 Å². The lowest BCUT2D eigenvalue weighted by molar-refractivity contribution is -0.134. The van der Waals surface area contributed by atoms with Gasteiger partial charge >= 0.3 is 6.18 Å². The largest absolute Gasteiger partial charge is 0.389 e. The van der Waals surface area contributed by atoms with Crippen LogP contribution in [0.3, 0.4) is 0 Å². The highest BCUT2D eigenvalue weighted by atomic mass is 32.1. The number of aromatic nitrogens is 3. The van der Waals surface area contributed by atoms with Crippen LogP contribution in [-0.2, 0) is 19.4 Å². The van der Waals surface area contributed by atoms with Gasteiger partial charge in [0.25, 0.3) is 0 Å². The second kappa shape index (κ2) is 10.4. The number of carbonyl (C=O) groups is 1. The Balaban J connectivity index is 1.05. The van der Waals surface area contributed by atoms with Gasteiger partial charge in [-0.3, -0.25) is 9.69 Å². The molecule has 0 aromatic carbocycles. The van der Waals surface area contributed by atoms with E-state index in [0.29, 0.717) is 23.3 Å². The maximum Gasteiger partial charge on any atom is 0.389 e. The van der Waals surface area contributed by atoms with Gasteiger partial charge in [-0.2, -0.15) is 18.3 Å². The van der Waals surface area contributed by atoms with E-state index in [9.17, 15) is 18.0 Å². The highest BCUT2D eigenvalue weighted by Crippen LogP contribution is 2.34. The summed E-state index contributed by atoms with van der Waals surface area (Å²) >= 11 is 1.46. The summed E-state index contributed by atoms with van der Waals surface area (Å²) in [4.78, 5) is 21.0. The van der Waals surface area contributed by atoms with E-state index < -0.39 is 12.6 Å². The van der Waals surface area contributed by atoms with Gasteiger partial charge in [0.1, 0.15) is 0 Å². The quantitative estimate of drug-likeness (QED) is 0.347. The van der Waals surface area contributed by atoms with Crippen molar-refractivity contribution in [3.63, 3.8) is 0 Å². The van der Waals surface area contributed by atoms with E-state index in [1.165, 1.54) is 11.3 Å². The molecule has 0 spiro atoms. The first kappa shape index (κ1) is 24.4. The minimum Gasteiger partial charge on any atom is -0.297 e. The molecule has 1 fully saturated rings. The molecule has 0 bridgehead atoms. The molecule has 4 heterocycles. The van der Waals surface area contributed by atoms with Crippen molar-refractivity contribution in [3.8, 4) is 0 Å². The summed E-state index contributed by atoms with van der Waals surface area (Å²) in [6.07, 6.45) is 5.79. The molecule has 3 aromatic rings. The Morgan fingerprint density at radius 2 is 1.94 bits per heavy atom. The Hall–Kier alpha value is -2.26. The Labute approximate surface area is 207 Å². The van der Waals surface area contributed by atoms with Crippen LogP contribution in [0.5, 0.6) is 0 Å². The molecular formula is C26H31F3N4OS. The molecule has 0 saturated heterocycles. The van der Waals surface area contributed by atoms with Gasteiger partial charge in [-0.25, -0.2) is 9.50 Å². The van der Waals surface area contributed by atoms with Gasteiger partial charge in [-0.1, -0.05) is 12.8 Å². The second-order valence-corrected chi connectivity index (χ2v) is 11.2. The number of nitrogens with zero attached hydrogens (tertiary/aromatic N) is 4. The van der Waals surface area contributed by atoms with Crippen LogP contribution in [0.2, 0.25) is 0 Å². The lowest BCUT2D eigenvalue weighted by Crippen LogP contribution is -2.32. The van der Waals surface area contributed by atoms with Crippen molar-refractivity contribution in [3.05, 3.63) is 51.7 Å². The number of aryl methyl sites for hydroxylation is 1. The summed E-state index contributed by atoms with van der Waals surface area (Å²) < 4.78 is 39.3. The maximum absolute atomic E-state index is 12.9. The molecule has 188 valence electrons. The highest BCUT2D eigenvalue weighted by Gasteiger charge is 2.29. The first-order valence-corrected chi connectivity index (χ1v) is 13.4. The van der Waals surface area contributed by atoms with Crippen molar-refractivity contribution < 1.29 is 18.0 Å². The molecule has 0 N–H and O–H groups in total. The molecule has 0 amide bonds. The molecule has 2 aliphatic rings. The van der Waals surface area contributed by atoms with Crippen molar-refractivity contribution in [2.24, 2.45) is 11.8 Å². The third-order valence-corrected chi connectivity index (χ3v) is 8.72. The molecule has 9 heteroatoms. The summed E-state index contributed by atoms with van der Waals surface area (Å²) in [6.45, 7) is 2.71. The number of carbonyl (C=O) groups excluding carboxylic acids is 1. The Bertz CT molecular complexity index is 1160. The van der Waals surface area contributed by atoms with E-state index in [0.717, 1.165) is 79.8 Å². The van der Waals surface area contributed by atoms with E-state index in [2.05, 4.69) is 15.0 Å². The third-order valence-electron chi connectivity index (χ3n) is 7.50. The maximum atomic E-state index is 12.9. The topological polar surface area (TPSA) is 50.5 Å². The fourth-order valence-electron chi connectivity index (χ4n) is 5.50. The van der Waals surface area contributed by atoms with E-state index in [1.807, 2.05) is 24.4 Å². The number of Topliss-reactive ketones (excluding diaryl/α,β-unsaturated/α-hetero) is 1. The number of alkyl halides is 3. The van der Waals surface area contributed by atoms with Gasteiger partial charge < -0.3 is 0 Å². The zero-order chi connectivity index (χ0) is 24.4. The lowest BCUT2D eigenvalue weighted by Gasteiger charge is -2.31. The van der Waals surface area contributed by atoms with E-state index >= 15 is 0 Å². The fourth-order valence-corrected chi connectivity index (χ4v) is 6.57. The van der Waals surface area contributed by atoms with Crippen LogP contribution in [0.4, 0.5) is 13.2 Å². The molecule has 3 aromatic heterocycles. The number of halogens is 3. The number of fused-ring (bicyclic) bond motifs is 2. The van der Waals surface area contributed by atoms with Crippen molar-refractivity contribution >= 4 is 22.6 Å². The van der Waals surface area contributed by atoms with Crippen LogP contribution in [0.1, 0.15) is 70.9 Å². The van der Waals surface area contributed by atoms with Gasteiger partial charge in [0.05, 0.1) is 22.4 Å². The normalized spacial score (nSPS) is 21.3. The molecule has 0 radical (unpaired) electrons. The van der Waals surface area contributed by atoms with Crippen molar-refractivity contribution in [1.29, 1.82) is 0 Å². The van der Waals surface area contributed by atoms with Crippen molar-refractivity contribution in [2.45, 2.75) is 70.5 Å². The van der Waals surface area contributed by atoms with Crippen LogP contribution >= 0.6 is 11.3 Å². The lowest BCUT2D eigenvalue weighted by atomic mass is 9.78. The average Bonchev–Trinajstić information content (AvgIpc) is 3.48. The number of rotatable bonds is 8. The Morgan fingerprint density at radius 1 is 1.14 bits per heavy atom. The van der Waals surface area contributed by atoms with Crippen molar-refractivity contribution in [2.75, 3.05) is 13.1 Å². The number of thiazole rings is 1. The predicted octanol–water partition coefficient (Wildman–Crippen LogP) is 6.11. The summed E-state index contributed by atoms with van der Waals surface area (Å²) in [6, 6.07) is 5.67.